The van der Waals surface area contributed by atoms with Crippen molar-refractivity contribution in [3.8, 4) is 5.75 Å². The van der Waals surface area contributed by atoms with Crippen LogP contribution in [0.25, 0.3) is 43.6 Å². The summed E-state index contributed by atoms with van der Waals surface area (Å²) in [5, 5.41) is 4.85. The van der Waals surface area contributed by atoms with Crippen LogP contribution in [0, 0.1) is 6.92 Å². The van der Waals surface area contributed by atoms with Crippen molar-refractivity contribution in [3.63, 3.8) is 0 Å². The lowest BCUT2D eigenvalue weighted by molar-refractivity contribution is 0.238. The van der Waals surface area contributed by atoms with Crippen molar-refractivity contribution in [2.24, 2.45) is 0 Å². The van der Waals surface area contributed by atoms with E-state index in [9.17, 15) is 0 Å². The first-order chi connectivity index (χ1) is 15.0. The molecule has 2 N–H and O–H groups in total. The number of rotatable bonds is 7. The average Bonchev–Trinajstić information content (AvgIpc) is 3.29. The van der Waals surface area contributed by atoms with Crippen LogP contribution in [0.5, 0.6) is 5.75 Å². The molecule has 0 amide bonds. The quantitative estimate of drug-likeness (QED) is 0.261. The Morgan fingerprint density at radius 1 is 0.871 bits per heavy atom. The van der Waals surface area contributed by atoms with Crippen LogP contribution in [0.15, 0.2) is 46.9 Å². The zero-order chi connectivity index (χ0) is 21.5. The Balaban J connectivity index is 1.67. The number of aromatic amines is 2. The number of nitrogens with one attached hydrogen (secondary N) is 2. The standard InChI is InChI=1S/C26H28BrN3O/c1-4-5-10-30(3)11-12-31-26-24-20(18-13-16(2)6-8-22(18)28-24)15-21-19-14-17(27)7-9-23(19)29-25(21)26/h6-9,13-15,28-29H,4-5,10-12H2,1-3H3. The van der Waals surface area contributed by atoms with Gasteiger partial charge in [0.25, 0.3) is 0 Å². The van der Waals surface area contributed by atoms with E-state index < -0.39 is 0 Å². The van der Waals surface area contributed by atoms with E-state index in [1.165, 1.54) is 39.9 Å². The van der Waals surface area contributed by atoms with Gasteiger partial charge in [-0.3, -0.25) is 0 Å². The third kappa shape index (κ3) is 3.70. The van der Waals surface area contributed by atoms with Crippen molar-refractivity contribution in [3.05, 3.63) is 52.5 Å². The summed E-state index contributed by atoms with van der Waals surface area (Å²) in [7, 11) is 2.17. The fourth-order valence-electron chi connectivity index (χ4n) is 4.43. The Bertz CT molecular complexity index is 1300. The Morgan fingerprint density at radius 3 is 2.26 bits per heavy atom. The maximum Gasteiger partial charge on any atom is 0.167 e. The molecule has 0 saturated heterocycles. The van der Waals surface area contributed by atoms with Gasteiger partial charge in [-0.1, -0.05) is 40.9 Å². The molecule has 0 radical (unpaired) electrons. The van der Waals surface area contributed by atoms with E-state index in [0.717, 1.165) is 45.4 Å². The summed E-state index contributed by atoms with van der Waals surface area (Å²) in [5.41, 5.74) is 5.64. The number of aryl methyl sites for hydroxylation is 1. The van der Waals surface area contributed by atoms with Gasteiger partial charge in [0.05, 0.1) is 11.0 Å². The molecule has 0 spiro atoms. The second-order valence-corrected chi connectivity index (χ2v) is 9.46. The fraction of sp³-hybridized carbons (Fsp3) is 0.308. The van der Waals surface area contributed by atoms with Gasteiger partial charge < -0.3 is 19.6 Å². The lowest BCUT2D eigenvalue weighted by atomic mass is 10.1. The monoisotopic (exact) mass is 477 g/mol. The first-order valence-corrected chi connectivity index (χ1v) is 11.8. The molecule has 0 bridgehead atoms. The molecule has 0 fully saturated rings. The van der Waals surface area contributed by atoms with Gasteiger partial charge in [0, 0.05) is 43.6 Å². The molecule has 5 rings (SSSR count). The van der Waals surface area contributed by atoms with E-state index in [1.54, 1.807) is 0 Å². The van der Waals surface area contributed by atoms with Gasteiger partial charge >= 0.3 is 0 Å². The van der Waals surface area contributed by atoms with Crippen LogP contribution in [0.4, 0.5) is 0 Å². The first kappa shape index (κ1) is 20.4. The highest BCUT2D eigenvalue weighted by Crippen LogP contribution is 2.41. The van der Waals surface area contributed by atoms with E-state index in [4.69, 9.17) is 4.74 Å². The number of fused-ring (bicyclic) bond motifs is 6. The molecule has 160 valence electrons. The van der Waals surface area contributed by atoms with Gasteiger partial charge in [-0.15, -0.1) is 0 Å². The highest BCUT2D eigenvalue weighted by molar-refractivity contribution is 9.10. The predicted octanol–water partition coefficient (Wildman–Crippen LogP) is 7.14. The second kappa shape index (κ2) is 8.21. The van der Waals surface area contributed by atoms with E-state index >= 15 is 0 Å². The second-order valence-electron chi connectivity index (χ2n) is 8.55. The number of hydrogen-bond donors (Lipinski definition) is 2. The molecule has 0 aliphatic rings. The Labute approximate surface area is 190 Å². The molecule has 2 heterocycles. The molecular formula is C26H28BrN3O. The van der Waals surface area contributed by atoms with Crippen molar-refractivity contribution < 1.29 is 4.74 Å². The Kier molecular flexibility index (Phi) is 5.40. The minimum absolute atomic E-state index is 0.655. The van der Waals surface area contributed by atoms with Crippen LogP contribution in [0.3, 0.4) is 0 Å². The Hall–Kier alpha value is -2.50. The molecule has 0 atom stereocenters. The van der Waals surface area contributed by atoms with Gasteiger partial charge in [0.2, 0.25) is 0 Å². The van der Waals surface area contributed by atoms with Crippen molar-refractivity contribution >= 4 is 59.5 Å². The molecule has 2 aromatic heterocycles. The molecule has 5 heteroatoms. The number of likely N-dealkylation sites (N-methyl/N-ethyl adjacent to an activating group) is 1. The maximum atomic E-state index is 6.49. The van der Waals surface area contributed by atoms with Crippen molar-refractivity contribution in [1.29, 1.82) is 0 Å². The van der Waals surface area contributed by atoms with E-state index in [1.807, 2.05) is 0 Å². The van der Waals surface area contributed by atoms with Crippen LogP contribution in [-0.4, -0.2) is 41.6 Å². The van der Waals surface area contributed by atoms with Crippen LogP contribution in [0.2, 0.25) is 0 Å². The number of H-pyrrole nitrogens is 2. The molecule has 3 aromatic carbocycles. The summed E-state index contributed by atoms with van der Waals surface area (Å²) in [6.45, 7) is 7.03. The zero-order valence-corrected chi connectivity index (χ0v) is 19.9. The molecule has 5 aromatic rings. The van der Waals surface area contributed by atoms with Gasteiger partial charge in [-0.2, -0.15) is 0 Å². The highest BCUT2D eigenvalue weighted by atomic mass is 79.9. The van der Waals surface area contributed by atoms with Crippen LogP contribution in [-0.2, 0) is 0 Å². The third-order valence-corrected chi connectivity index (χ3v) is 6.64. The van der Waals surface area contributed by atoms with Crippen molar-refractivity contribution in [2.75, 3.05) is 26.7 Å². The third-order valence-electron chi connectivity index (χ3n) is 6.15. The summed E-state index contributed by atoms with van der Waals surface area (Å²) in [6, 6.07) is 15.3. The minimum Gasteiger partial charge on any atom is -0.488 e. The van der Waals surface area contributed by atoms with E-state index in [-0.39, 0.29) is 0 Å². The number of unbranched alkanes of at least 4 members (excludes halogenated alkanes) is 1. The lowest BCUT2D eigenvalue weighted by Crippen LogP contribution is -2.25. The number of hydrogen-bond acceptors (Lipinski definition) is 2. The molecule has 0 unspecified atom stereocenters. The summed E-state index contributed by atoms with van der Waals surface area (Å²) in [4.78, 5) is 9.59. The molecular weight excluding hydrogens is 450 g/mol. The van der Waals surface area contributed by atoms with Crippen molar-refractivity contribution in [2.45, 2.75) is 26.7 Å². The molecule has 4 nitrogen and oxygen atoms in total. The average molecular weight is 478 g/mol. The molecule has 0 aliphatic carbocycles. The van der Waals surface area contributed by atoms with Gasteiger partial charge in [-0.05, 0) is 63.3 Å². The Morgan fingerprint density at radius 2 is 1.55 bits per heavy atom. The number of aromatic nitrogens is 2. The summed E-state index contributed by atoms with van der Waals surface area (Å²) >= 11 is 3.63. The van der Waals surface area contributed by atoms with E-state index in [2.05, 4.69) is 94.2 Å². The van der Waals surface area contributed by atoms with E-state index in [0.29, 0.717) is 6.61 Å². The van der Waals surface area contributed by atoms with Gasteiger partial charge in [0.1, 0.15) is 6.61 Å². The zero-order valence-electron chi connectivity index (χ0n) is 18.3. The number of benzene rings is 3. The SMILES string of the molecule is CCCCN(C)CCOc1c2[nH]c3ccc(C)cc3c2cc2c1[nH]c1ccc(Br)cc12. The topological polar surface area (TPSA) is 44.0 Å². The van der Waals surface area contributed by atoms with Crippen molar-refractivity contribution in [1.82, 2.24) is 14.9 Å². The van der Waals surface area contributed by atoms with Gasteiger partial charge in [-0.25, -0.2) is 0 Å². The fourth-order valence-corrected chi connectivity index (χ4v) is 4.79. The highest BCUT2D eigenvalue weighted by Gasteiger charge is 2.18. The van der Waals surface area contributed by atoms with Crippen LogP contribution in [0.1, 0.15) is 25.3 Å². The smallest absolute Gasteiger partial charge is 0.167 e. The molecule has 31 heavy (non-hydrogen) atoms. The number of ether oxygens (including phenoxy) is 1. The maximum absolute atomic E-state index is 6.49. The molecule has 0 saturated carbocycles. The first-order valence-electron chi connectivity index (χ1n) is 11.0. The summed E-state index contributed by atoms with van der Waals surface area (Å²) < 4.78 is 7.57. The number of nitrogens with zero attached hydrogens (tertiary/aromatic N) is 1. The number of halogens is 1. The largest absolute Gasteiger partial charge is 0.488 e. The lowest BCUT2D eigenvalue weighted by Gasteiger charge is -2.17. The van der Waals surface area contributed by atoms with Crippen LogP contribution >= 0.6 is 15.9 Å². The summed E-state index contributed by atoms with van der Waals surface area (Å²) in [5.74, 6) is 0.914. The van der Waals surface area contributed by atoms with Gasteiger partial charge in [0.15, 0.2) is 5.75 Å². The molecule has 0 aliphatic heterocycles. The normalized spacial score (nSPS) is 12.2. The summed E-state index contributed by atoms with van der Waals surface area (Å²) in [6.07, 6.45) is 2.43. The minimum atomic E-state index is 0.655. The van der Waals surface area contributed by atoms with Crippen LogP contribution < -0.4 is 4.74 Å². The predicted molar refractivity (Wildman–Crippen MR) is 136 cm³/mol.